The van der Waals surface area contributed by atoms with Crippen molar-refractivity contribution in [3.8, 4) is 0 Å². The molecule has 4 rings (SSSR count). The highest BCUT2D eigenvalue weighted by molar-refractivity contribution is 6.32. The normalized spacial score (nSPS) is 18.3. The van der Waals surface area contributed by atoms with E-state index in [0.717, 1.165) is 45.3 Å². The lowest BCUT2D eigenvalue weighted by Gasteiger charge is -2.47. The Morgan fingerprint density at radius 2 is 1.79 bits per heavy atom. The molecule has 0 unspecified atom stereocenters. The fourth-order valence-corrected chi connectivity index (χ4v) is 5.43. The lowest BCUT2D eigenvalue weighted by molar-refractivity contribution is 0.0491. The van der Waals surface area contributed by atoms with Crippen LogP contribution in [0.25, 0.3) is 0 Å². The molecule has 0 radical (unpaired) electrons. The number of nitrogen functional groups attached to an aromatic ring is 2. The third-order valence-corrected chi connectivity index (χ3v) is 7.46. The van der Waals surface area contributed by atoms with Crippen molar-refractivity contribution in [2.24, 2.45) is 0 Å². The van der Waals surface area contributed by atoms with Gasteiger partial charge in [-0.15, -0.1) is 11.6 Å². The number of nitrogens with zero attached hydrogens (tertiary/aromatic N) is 6. The van der Waals surface area contributed by atoms with Crippen LogP contribution in [0.15, 0.2) is 18.3 Å². The third-order valence-electron chi connectivity index (χ3n) is 7.20. The number of rotatable bonds is 7. The summed E-state index contributed by atoms with van der Waals surface area (Å²) in [5.74, 6) is 0.438. The Bertz CT molecular complexity index is 1130. The molecule has 5 N–H and O–H groups in total. The van der Waals surface area contributed by atoms with Gasteiger partial charge in [0.05, 0.1) is 5.56 Å². The molecular weight excluding hydrogens is 541 g/mol. The highest BCUT2D eigenvalue weighted by Crippen LogP contribution is 2.30. The number of aromatic nitrogens is 3. The van der Waals surface area contributed by atoms with Crippen molar-refractivity contribution in [1.29, 1.82) is 0 Å². The molecule has 2 aliphatic rings. The zero-order chi connectivity index (χ0) is 28.5. The van der Waals surface area contributed by atoms with Crippen LogP contribution >= 0.6 is 23.2 Å². The Balaban J connectivity index is 0.00000205. The average molecular weight is 581 g/mol. The van der Waals surface area contributed by atoms with Crippen LogP contribution in [0.4, 0.5) is 17.5 Å². The van der Waals surface area contributed by atoms with E-state index in [2.05, 4.69) is 48.6 Å². The van der Waals surface area contributed by atoms with Crippen LogP contribution in [0, 0.1) is 0 Å². The molecule has 0 spiro atoms. The van der Waals surface area contributed by atoms with Crippen molar-refractivity contribution in [3.05, 3.63) is 34.7 Å². The first-order valence-corrected chi connectivity index (χ1v) is 14.5. The number of piperidine rings is 1. The minimum absolute atomic E-state index is 0.0569. The lowest BCUT2D eigenvalue weighted by Crippen LogP contribution is -2.58. The summed E-state index contributed by atoms with van der Waals surface area (Å²) < 4.78 is 0. The van der Waals surface area contributed by atoms with Crippen LogP contribution < -0.4 is 21.7 Å². The second-order valence-electron chi connectivity index (χ2n) is 9.53. The van der Waals surface area contributed by atoms with Crippen LogP contribution in [-0.2, 0) is 0 Å². The zero-order valence-corrected chi connectivity index (χ0v) is 24.4. The predicted molar refractivity (Wildman–Crippen MR) is 156 cm³/mol. The molecular formula is C26H39Cl2N9O2. The Morgan fingerprint density at radius 1 is 1.08 bits per heavy atom. The summed E-state index contributed by atoms with van der Waals surface area (Å²) in [6.45, 7) is 8.33. The largest absolute Gasteiger partial charge is 0.383 e. The van der Waals surface area contributed by atoms with Crippen LogP contribution in [0.1, 0.15) is 60.4 Å². The van der Waals surface area contributed by atoms with E-state index < -0.39 is 0 Å². The van der Waals surface area contributed by atoms with Crippen molar-refractivity contribution in [2.45, 2.75) is 51.6 Å². The molecule has 1 atom stereocenters. The van der Waals surface area contributed by atoms with Gasteiger partial charge in [-0.2, -0.15) is 0 Å². The smallest absolute Gasteiger partial charge is 0.273 e. The first kappa shape index (κ1) is 30.6. The molecule has 4 heterocycles. The highest BCUT2D eigenvalue weighted by atomic mass is 35.5. The maximum atomic E-state index is 12.9. The topological polar surface area (TPSA) is 147 Å². The standard InChI is InChI=1S/C25H36ClN9O2.CH3Cl/c1-3-9-30-24(36)19-22(28)32-23(20(26)31-19)34-13-14-35(16(4-2)15-34)17-7-11-33(12-8-17)25(37)18-6-5-10-29-21(18)27;1-2/h5-6,10,16-17H,3-4,7-9,11-15H2,1-2H3,(H2,27,29)(H2,28,32)(H,30,36);1H3/t16-;/m0./s1. The minimum Gasteiger partial charge on any atom is -0.383 e. The molecule has 0 saturated carbocycles. The Morgan fingerprint density at radius 3 is 2.44 bits per heavy atom. The maximum Gasteiger partial charge on any atom is 0.273 e. The molecule has 0 aromatic carbocycles. The summed E-state index contributed by atoms with van der Waals surface area (Å²) in [6, 6.07) is 4.15. The van der Waals surface area contributed by atoms with Gasteiger partial charge in [-0.05, 0) is 37.8 Å². The number of carbonyl (C=O) groups is 2. The van der Waals surface area contributed by atoms with Crippen molar-refractivity contribution in [2.75, 3.05) is 62.0 Å². The Labute approximate surface area is 240 Å². The minimum atomic E-state index is -0.368. The number of halogens is 2. The van der Waals surface area contributed by atoms with Crippen molar-refractivity contribution >= 4 is 52.5 Å². The summed E-state index contributed by atoms with van der Waals surface area (Å²) in [5, 5.41) is 2.94. The summed E-state index contributed by atoms with van der Waals surface area (Å²) in [5.41, 5.74) is 12.5. The number of amides is 2. The van der Waals surface area contributed by atoms with E-state index in [-0.39, 0.29) is 34.3 Å². The van der Waals surface area contributed by atoms with E-state index in [9.17, 15) is 9.59 Å². The number of nitrogens with two attached hydrogens (primary N) is 2. The molecule has 39 heavy (non-hydrogen) atoms. The summed E-state index contributed by atoms with van der Waals surface area (Å²) in [6.07, 6.45) is 6.63. The fraction of sp³-hybridized carbons (Fsp3) is 0.577. The number of anilines is 3. The van der Waals surface area contributed by atoms with Gasteiger partial charge >= 0.3 is 0 Å². The number of alkyl halides is 1. The molecule has 2 aromatic heterocycles. The molecule has 0 aliphatic carbocycles. The SMILES string of the molecule is CCCNC(=O)c1nc(Cl)c(N2CCN(C3CCN(C(=O)c4cccnc4N)CC3)[C@@H](CC)C2)nc1N.CCl. The van der Waals surface area contributed by atoms with Gasteiger partial charge < -0.3 is 26.6 Å². The predicted octanol–water partition coefficient (Wildman–Crippen LogP) is 2.89. The number of pyridine rings is 1. The molecule has 0 bridgehead atoms. The quantitative estimate of drug-likeness (QED) is 0.421. The molecule has 2 amide bonds. The van der Waals surface area contributed by atoms with Gasteiger partial charge in [-0.3, -0.25) is 14.5 Å². The van der Waals surface area contributed by atoms with Gasteiger partial charge in [0, 0.05) is 63.9 Å². The van der Waals surface area contributed by atoms with Crippen molar-refractivity contribution < 1.29 is 9.59 Å². The maximum absolute atomic E-state index is 12.9. The number of likely N-dealkylation sites (tertiary alicyclic amines) is 1. The first-order valence-electron chi connectivity index (χ1n) is 13.3. The summed E-state index contributed by atoms with van der Waals surface area (Å²) in [7, 11) is 0. The summed E-state index contributed by atoms with van der Waals surface area (Å²) >= 11 is 11.1. The second-order valence-corrected chi connectivity index (χ2v) is 9.89. The van der Waals surface area contributed by atoms with Crippen LogP contribution in [0.2, 0.25) is 5.15 Å². The van der Waals surface area contributed by atoms with E-state index in [1.165, 1.54) is 6.38 Å². The molecule has 214 valence electrons. The second kappa shape index (κ2) is 14.5. The number of hydrogen-bond acceptors (Lipinski definition) is 9. The fourth-order valence-electron chi connectivity index (χ4n) is 5.18. The van der Waals surface area contributed by atoms with Gasteiger partial charge in [-0.1, -0.05) is 25.4 Å². The van der Waals surface area contributed by atoms with E-state index in [1.54, 1.807) is 18.3 Å². The molecule has 2 saturated heterocycles. The number of hydrogen-bond donors (Lipinski definition) is 3. The summed E-state index contributed by atoms with van der Waals surface area (Å²) in [4.78, 5) is 44.6. The number of nitrogens with one attached hydrogen (secondary N) is 1. The molecule has 13 heteroatoms. The van der Waals surface area contributed by atoms with E-state index in [0.29, 0.717) is 43.1 Å². The van der Waals surface area contributed by atoms with Gasteiger partial charge in [0.25, 0.3) is 11.8 Å². The van der Waals surface area contributed by atoms with Crippen LogP contribution in [0.3, 0.4) is 0 Å². The lowest BCUT2D eigenvalue weighted by atomic mass is 9.97. The van der Waals surface area contributed by atoms with E-state index >= 15 is 0 Å². The van der Waals surface area contributed by atoms with Gasteiger partial charge in [0.15, 0.2) is 22.5 Å². The van der Waals surface area contributed by atoms with E-state index in [1.807, 2.05) is 11.8 Å². The van der Waals surface area contributed by atoms with Crippen molar-refractivity contribution in [3.63, 3.8) is 0 Å². The van der Waals surface area contributed by atoms with Gasteiger partial charge in [0.2, 0.25) is 0 Å². The Hall–Kier alpha value is -2.89. The van der Waals surface area contributed by atoms with Crippen LogP contribution in [0.5, 0.6) is 0 Å². The molecule has 2 aromatic rings. The average Bonchev–Trinajstić information content (AvgIpc) is 2.97. The highest BCUT2D eigenvalue weighted by Gasteiger charge is 2.35. The van der Waals surface area contributed by atoms with Gasteiger partial charge in [0.1, 0.15) is 5.82 Å². The van der Waals surface area contributed by atoms with Crippen LogP contribution in [-0.4, -0.2) is 94.3 Å². The first-order chi connectivity index (χ1) is 18.8. The monoisotopic (exact) mass is 579 g/mol. The van der Waals surface area contributed by atoms with Crippen molar-refractivity contribution in [1.82, 2.24) is 30.1 Å². The molecule has 2 fully saturated rings. The molecule has 2 aliphatic heterocycles. The van der Waals surface area contributed by atoms with Gasteiger partial charge in [-0.25, -0.2) is 15.0 Å². The Kier molecular flexibility index (Phi) is 11.4. The zero-order valence-electron chi connectivity index (χ0n) is 22.9. The van der Waals surface area contributed by atoms with E-state index in [4.69, 9.17) is 23.1 Å². The number of carbonyl (C=O) groups excluding carboxylic acids is 2. The molecule has 11 nitrogen and oxygen atoms in total. The number of piperazine rings is 1. The third kappa shape index (κ3) is 7.20.